The zero-order valence-electron chi connectivity index (χ0n) is 15.0. The molecule has 0 unspecified atom stereocenters. The molecule has 6 atom stereocenters. The van der Waals surface area contributed by atoms with Crippen molar-refractivity contribution in [3.05, 3.63) is 23.8 Å². The third kappa shape index (κ3) is 2.06. The molecule has 0 aliphatic heterocycles. The zero-order valence-corrected chi connectivity index (χ0v) is 15.0. The first-order chi connectivity index (χ1) is 11.4. The van der Waals surface area contributed by atoms with Crippen molar-refractivity contribution in [3.8, 4) is 0 Å². The summed E-state index contributed by atoms with van der Waals surface area (Å²) in [7, 11) is 0. The minimum Gasteiger partial charge on any atom is -0.374 e. The van der Waals surface area contributed by atoms with Crippen LogP contribution in [-0.4, -0.2) is 24.3 Å². The summed E-state index contributed by atoms with van der Waals surface area (Å²) >= 11 is 0. The molecule has 0 aromatic carbocycles. The van der Waals surface area contributed by atoms with E-state index in [1.165, 1.54) is 5.57 Å². The molecule has 0 amide bonds. The van der Waals surface area contributed by atoms with Crippen LogP contribution in [0.1, 0.15) is 52.9 Å². The maximum absolute atomic E-state index is 12.5. The van der Waals surface area contributed by atoms with Gasteiger partial charge in [0, 0.05) is 23.9 Å². The molecule has 0 spiro atoms. The normalized spacial score (nSPS) is 47.0. The van der Waals surface area contributed by atoms with Crippen LogP contribution in [0, 0.1) is 28.6 Å². The minimum absolute atomic E-state index is 0.0215. The first-order valence-corrected chi connectivity index (χ1v) is 9.50. The summed E-state index contributed by atoms with van der Waals surface area (Å²) in [5.41, 5.74) is 0.957. The molecule has 130 valence electrons. The maximum atomic E-state index is 12.5. The highest BCUT2D eigenvalue weighted by Gasteiger charge is 2.60. The second-order valence-corrected chi connectivity index (χ2v) is 8.59. The van der Waals surface area contributed by atoms with Gasteiger partial charge in [0.1, 0.15) is 5.78 Å². The molecule has 0 radical (unpaired) electrons. The molecule has 3 saturated carbocycles. The van der Waals surface area contributed by atoms with Gasteiger partial charge in [0.25, 0.3) is 0 Å². The molecule has 0 bridgehead atoms. The zero-order chi connectivity index (χ0) is 17.1. The van der Waals surface area contributed by atoms with E-state index in [9.17, 15) is 9.59 Å². The quantitative estimate of drug-likeness (QED) is 0.772. The number of Topliss-reactive ketones (excluding diaryl/α,β-unsaturated/α-hetero) is 1. The molecule has 3 fully saturated rings. The maximum Gasteiger partial charge on any atom is 0.178 e. The van der Waals surface area contributed by atoms with E-state index in [-0.39, 0.29) is 22.7 Å². The Morgan fingerprint density at radius 3 is 2.75 bits per heavy atom. The van der Waals surface area contributed by atoms with Gasteiger partial charge in [-0.15, -0.1) is 0 Å². The fourth-order valence-electron chi connectivity index (χ4n) is 6.35. The SMILES string of the molecule is CCO[C@@H]1C[C@@H]2[C@H](CC[C@]3(C)C(=O)CC[C@@H]23)[C@@]2(C)C=CC(=O)C=C12. The lowest BCUT2D eigenvalue weighted by atomic mass is 9.48. The molecule has 0 N–H and O–H groups in total. The summed E-state index contributed by atoms with van der Waals surface area (Å²) in [6, 6.07) is 0. The number of ketones is 2. The number of ether oxygens (including phenoxy) is 1. The minimum atomic E-state index is -0.121. The Hall–Kier alpha value is -1.22. The first-order valence-electron chi connectivity index (χ1n) is 9.50. The summed E-state index contributed by atoms with van der Waals surface area (Å²) in [5.74, 6) is 2.08. The first kappa shape index (κ1) is 16.3. The van der Waals surface area contributed by atoms with Crippen LogP contribution in [-0.2, 0) is 14.3 Å². The Morgan fingerprint density at radius 1 is 1.21 bits per heavy atom. The summed E-state index contributed by atoms with van der Waals surface area (Å²) in [5, 5.41) is 0. The van der Waals surface area contributed by atoms with Crippen LogP contribution in [0.15, 0.2) is 23.8 Å². The molecule has 3 heteroatoms. The molecular formula is C21H28O3. The predicted octanol–water partition coefficient (Wildman–Crippen LogP) is 3.88. The summed E-state index contributed by atoms with van der Waals surface area (Å²) in [6.45, 7) is 7.17. The molecule has 4 rings (SSSR count). The van der Waals surface area contributed by atoms with E-state index in [2.05, 4.69) is 19.9 Å². The van der Waals surface area contributed by atoms with Gasteiger partial charge in [0.05, 0.1) is 6.10 Å². The molecule has 24 heavy (non-hydrogen) atoms. The Morgan fingerprint density at radius 2 is 2.00 bits per heavy atom. The van der Waals surface area contributed by atoms with Gasteiger partial charge in [-0.3, -0.25) is 9.59 Å². The van der Waals surface area contributed by atoms with Crippen LogP contribution in [0.3, 0.4) is 0 Å². The van der Waals surface area contributed by atoms with Crippen molar-refractivity contribution < 1.29 is 14.3 Å². The van der Waals surface area contributed by atoms with Crippen molar-refractivity contribution in [2.24, 2.45) is 28.6 Å². The van der Waals surface area contributed by atoms with E-state index in [1.54, 1.807) is 6.08 Å². The Balaban J connectivity index is 1.75. The third-order valence-corrected chi connectivity index (χ3v) is 7.63. The standard InChI is InChI=1S/C21H28O3/c1-4-24-18-12-14-15-5-6-19(23)21(15,3)10-8-16(14)20(2)9-7-13(22)11-17(18)20/h7,9,11,14-16,18H,4-6,8,10,12H2,1-3H3/t14-,15-,16-,18+,20+,21-/m0/s1. The highest BCUT2D eigenvalue weighted by Crippen LogP contribution is 2.63. The van der Waals surface area contributed by atoms with Gasteiger partial charge in [-0.2, -0.15) is 0 Å². The van der Waals surface area contributed by atoms with Crippen LogP contribution in [0.5, 0.6) is 0 Å². The smallest absolute Gasteiger partial charge is 0.178 e. The number of carbonyl (C=O) groups excluding carboxylic acids is 2. The van der Waals surface area contributed by atoms with E-state index in [1.807, 2.05) is 13.0 Å². The van der Waals surface area contributed by atoms with E-state index in [4.69, 9.17) is 4.74 Å². The van der Waals surface area contributed by atoms with E-state index in [0.29, 0.717) is 30.1 Å². The van der Waals surface area contributed by atoms with Gasteiger partial charge >= 0.3 is 0 Å². The third-order valence-electron chi connectivity index (χ3n) is 7.63. The molecule has 4 aliphatic carbocycles. The summed E-state index contributed by atoms with van der Waals surface area (Å²) < 4.78 is 6.08. The van der Waals surface area contributed by atoms with Gasteiger partial charge in [-0.1, -0.05) is 19.9 Å². The van der Waals surface area contributed by atoms with Crippen molar-refractivity contribution in [2.45, 2.75) is 59.0 Å². The number of rotatable bonds is 2. The van der Waals surface area contributed by atoms with Crippen molar-refractivity contribution in [3.63, 3.8) is 0 Å². The highest BCUT2D eigenvalue weighted by molar-refractivity contribution is 6.01. The topological polar surface area (TPSA) is 43.4 Å². The predicted molar refractivity (Wildman–Crippen MR) is 92.4 cm³/mol. The largest absolute Gasteiger partial charge is 0.374 e. The second kappa shape index (κ2) is 5.39. The average molecular weight is 328 g/mol. The van der Waals surface area contributed by atoms with Gasteiger partial charge in [-0.05, 0) is 68.1 Å². The Kier molecular flexibility index (Phi) is 3.65. The number of fused-ring (bicyclic) bond motifs is 5. The van der Waals surface area contributed by atoms with Crippen LogP contribution in [0.4, 0.5) is 0 Å². The van der Waals surface area contributed by atoms with Crippen LogP contribution in [0.25, 0.3) is 0 Å². The van der Waals surface area contributed by atoms with Crippen molar-refractivity contribution in [1.29, 1.82) is 0 Å². The van der Waals surface area contributed by atoms with Crippen LogP contribution < -0.4 is 0 Å². The highest BCUT2D eigenvalue weighted by atomic mass is 16.5. The van der Waals surface area contributed by atoms with E-state index >= 15 is 0 Å². The van der Waals surface area contributed by atoms with E-state index < -0.39 is 0 Å². The van der Waals surface area contributed by atoms with Crippen molar-refractivity contribution in [2.75, 3.05) is 6.61 Å². The molecule has 0 aromatic heterocycles. The molecule has 0 saturated heterocycles. The number of allylic oxidation sites excluding steroid dienone is 3. The fraction of sp³-hybridized carbons (Fsp3) is 0.714. The van der Waals surface area contributed by atoms with Crippen molar-refractivity contribution >= 4 is 11.6 Å². The Bertz CT molecular complexity index is 645. The second-order valence-electron chi connectivity index (χ2n) is 8.59. The lowest BCUT2D eigenvalue weighted by molar-refractivity contribution is -0.133. The number of carbonyl (C=O) groups is 2. The lowest BCUT2D eigenvalue weighted by Crippen LogP contribution is -2.53. The van der Waals surface area contributed by atoms with Gasteiger partial charge < -0.3 is 4.74 Å². The fourth-order valence-corrected chi connectivity index (χ4v) is 6.35. The van der Waals surface area contributed by atoms with Crippen molar-refractivity contribution in [1.82, 2.24) is 0 Å². The van der Waals surface area contributed by atoms with E-state index in [0.717, 1.165) is 32.1 Å². The summed E-state index contributed by atoms with van der Waals surface area (Å²) in [4.78, 5) is 24.5. The molecule has 0 aromatic rings. The van der Waals surface area contributed by atoms with Gasteiger partial charge in [0.2, 0.25) is 0 Å². The van der Waals surface area contributed by atoms with Gasteiger partial charge in [-0.25, -0.2) is 0 Å². The number of hydrogen-bond acceptors (Lipinski definition) is 3. The lowest BCUT2D eigenvalue weighted by Gasteiger charge is -2.57. The molecule has 4 aliphatic rings. The average Bonchev–Trinajstić information content (AvgIpc) is 2.85. The van der Waals surface area contributed by atoms with Crippen LogP contribution >= 0.6 is 0 Å². The summed E-state index contributed by atoms with van der Waals surface area (Å²) in [6.07, 6.45) is 10.5. The molecule has 3 nitrogen and oxygen atoms in total. The monoisotopic (exact) mass is 328 g/mol. The van der Waals surface area contributed by atoms with Gasteiger partial charge in [0.15, 0.2) is 5.78 Å². The van der Waals surface area contributed by atoms with Crippen LogP contribution in [0.2, 0.25) is 0 Å². The Labute approximate surface area is 144 Å². The number of hydrogen-bond donors (Lipinski definition) is 0. The molecule has 0 heterocycles. The molecular weight excluding hydrogens is 300 g/mol.